The third kappa shape index (κ3) is 3.79. The summed E-state index contributed by atoms with van der Waals surface area (Å²) in [5.41, 5.74) is 1.37. The average Bonchev–Trinajstić information content (AvgIpc) is 3.02. The van der Waals surface area contributed by atoms with Gasteiger partial charge in [0, 0.05) is 27.2 Å². The predicted molar refractivity (Wildman–Crippen MR) is 75.0 cm³/mol. The van der Waals surface area contributed by atoms with Gasteiger partial charge in [-0.15, -0.1) is 11.8 Å². The Kier molecular flexibility index (Phi) is 4.34. The number of hydrogen-bond donors (Lipinski definition) is 1. The van der Waals surface area contributed by atoms with E-state index in [9.17, 15) is 0 Å². The van der Waals surface area contributed by atoms with Crippen LogP contribution >= 0.6 is 27.7 Å². The van der Waals surface area contributed by atoms with Crippen molar-refractivity contribution in [3.8, 4) is 0 Å². The Labute approximate surface area is 111 Å². The molecule has 0 amide bonds. The highest BCUT2D eigenvalue weighted by molar-refractivity contribution is 9.10. The number of thioether (sulfide) groups is 1. The second-order valence-corrected chi connectivity index (χ2v) is 7.06. The van der Waals surface area contributed by atoms with Crippen molar-refractivity contribution in [3.63, 3.8) is 0 Å². The van der Waals surface area contributed by atoms with E-state index in [2.05, 4.69) is 53.3 Å². The zero-order chi connectivity index (χ0) is 11.5. The zero-order valence-electron chi connectivity index (χ0n) is 9.79. The summed E-state index contributed by atoms with van der Waals surface area (Å²) in [6, 6.07) is 7.47. The number of rotatable bonds is 5. The third-order valence-corrected chi connectivity index (χ3v) is 4.53. The Hall–Kier alpha value is 0.01000. The molecule has 2 rings (SSSR count). The molecule has 0 unspecified atom stereocenters. The molecule has 1 aliphatic rings. The van der Waals surface area contributed by atoms with E-state index < -0.39 is 0 Å². The van der Waals surface area contributed by atoms with E-state index in [1.165, 1.54) is 27.8 Å². The molecule has 1 nitrogen and oxygen atoms in total. The standard InChI is InChI=1S/C13H18BrNS/c1-9(2)16-13-6-3-10(7-12(13)14)8-15-11-4-5-11/h3,6-7,9,11,15H,4-5,8H2,1-2H3. The maximum absolute atomic E-state index is 3.65. The van der Waals surface area contributed by atoms with Crippen molar-refractivity contribution >= 4 is 27.7 Å². The Bertz CT molecular complexity index is 361. The van der Waals surface area contributed by atoms with Gasteiger partial charge in [0.2, 0.25) is 0 Å². The smallest absolute Gasteiger partial charge is 0.0314 e. The van der Waals surface area contributed by atoms with Gasteiger partial charge >= 0.3 is 0 Å². The fourth-order valence-electron chi connectivity index (χ4n) is 1.55. The summed E-state index contributed by atoms with van der Waals surface area (Å²) in [6.45, 7) is 5.44. The van der Waals surface area contributed by atoms with Crippen molar-refractivity contribution in [2.75, 3.05) is 0 Å². The van der Waals surface area contributed by atoms with Crippen molar-refractivity contribution in [2.24, 2.45) is 0 Å². The minimum absolute atomic E-state index is 0.631. The van der Waals surface area contributed by atoms with Crippen molar-refractivity contribution in [1.82, 2.24) is 5.32 Å². The van der Waals surface area contributed by atoms with E-state index in [-0.39, 0.29) is 0 Å². The SMILES string of the molecule is CC(C)Sc1ccc(CNC2CC2)cc1Br. The molecule has 0 spiro atoms. The maximum Gasteiger partial charge on any atom is 0.0314 e. The van der Waals surface area contributed by atoms with Gasteiger partial charge in [-0.25, -0.2) is 0 Å². The lowest BCUT2D eigenvalue weighted by Crippen LogP contribution is -2.15. The molecule has 88 valence electrons. The topological polar surface area (TPSA) is 12.0 Å². The fourth-order valence-corrected chi connectivity index (χ4v) is 3.09. The van der Waals surface area contributed by atoms with Gasteiger partial charge in [0.05, 0.1) is 0 Å². The molecule has 0 aromatic heterocycles. The lowest BCUT2D eigenvalue weighted by molar-refractivity contribution is 0.687. The van der Waals surface area contributed by atoms with Gasteiger partial charge in [-0.3, -0.25) is 0 Å². The van der Waals surface area contributed by atoms with E-state index in [0.717, 1.165) is 12.6 Å². The van der Waals surface area contributed by atoms with E-state index in [1.807, 2.05) is 11.8 Å². The summed E-state index contributed by atoms with van der Waals surface area (Å²) in [6.07, 6.45) is 2.70. The summed E-state index contributed by atoms with van der Waals surface area (Å²) in [5, 5.41) is 4.16. The number of nitrogens with one attached hydrogen (secondary N) is 1. The largest absolute Gasteiger partial charge is 0.310 e. The first-order chi connectivity index (χ1) is 7.65. The van der Waals surface area contributed by atoms with Crippen LogP contribution in [0.25, 0.3) is 0 Å². The molecule has 0 radical (unpaired) electrons. The molecule has 1 aliphatic carbocycles. The number of hydrogen-bond acceptors (Lipinski definition) is 2. The van der Waals surface area contributed by atoms with E-state index >= 15 is 0 Å². The van der Waals surface area contributed by atoms with E-state index in [0.29, 0.717) is 5.25 Å². The average molecular weight is 300 g/mol. The van der Waals surface area contributed by atoms with Gasteiger partial charge in [0.1, 0.15) is 0 Å². The molecule has 0 atom stereocenters. The minimum Gasteiger partial charge on any atom is -0.310 e. The Morgan fingerprint density at radius 1 is 1.44 bits per heavy atom. The summed E-state index contributed by atoms with van der Waals surface area (Å²) in [4.78, 5) is 1.34. The predicted octanol–water partition coefficient (Wildman–Crippen LogP) is 4.20. The van der Waals surface area contributed by atoms with Crippen LogP contribution in [0, 0.1) is 0 Å². The molecule has 1 saturated carbocycles. The van der Waals surface area contributed by atoms with Crippen LogP contribution in [0.4, 0.5) is 0 Å². The minimum atomic E-state index is 0.631. The Balaban J connectivity index is 1.97. The number of benzene rings is 1. The zero-order valence-corrected chi connectivity index (χ0v) is 12.2. The molecule has 1 aromatic rings. The van der Waals surface area contributed by atoms with Crippen molar-refractivity contribution in [3.05, 3.63) is 28.2 Å². The molecule has 0 saturated heterocycles. The molecule has 16 heavy (non-hydrogen) atoms. The highest BCUT2D eigenvalue weighted by Crippen LogP contribution is 2.31. The van der Waals surface area contributed by atoms with Gasteiger partial charge in [0.15, 0.2) is 0 Å². The first-order valence-electron chi connectivity index (χ1n) is 5.83. The molecular weight excluding hydrogens is 282 g/mol. The van der Waals surface area contributed by atoms with Crippen LogP contribution in [0.3, 0.4) is 0 Å². The van der Waals surface area contributed by atoms with Gasteiger partial charge in [0.25, 0.3) is 0 Å². The van der Waals surface area contributed by atoms with Crippen molar-refractivity contribution < 1.29 is 0 Å². The summed E-state index contributed by atoms with van der Waals surface area (Å²) >= 11 is 5.55. The van der Waals surface area contributed by atoms with Gasteiger partial charge in [-0.1, -0.05) is 19.9 Å². The van der Waals surface area contributed by atoms with E-state index in [1.54, 1.807) is 0 Å². The quantitative estimate of drug-likeness (QED) is 0.818. The van der Waals surface area contributed by atoms with Gasteiger partial charge in [-0.2, -0.15) is 0 Å². The Morgan fingerprint density at radius 3 is 2.75 bits per heavy atom. The molecule has 1 aromatic carbocycles. The van der Waals surface area contributed by atoms with Crippen LogP contribution in [0.5, 0.6) is 0 Å². The van der Waals surface area contributed by atoms with E-state index in [4.69, 9.17) is 0 Å². The summed E-state index contributed by atoms with van der Waals surface area (Å²) in [5.74, 6) is 0. The number of halogens is 1. The molecule has 0 heterocycles. The first-order valence-corrected chi connectivity index (χ1v) is 7.51. The lowest BCUT2D eigenvalue weighted by Gasteiger charge is -2.09. The normalized spacial score (nSPS) is 15.8. The molecular formula is C13H18BrNS. The van der Waals surface area contributed by atoms with Crippen LogP contribution in [-0.4, -0.2) is 11.3 Å². The van der Waals surface area contributed by atoms with Crippen LogP contribution < -0.4 is 5.32 Å². The van der Waals surface area contributed by atoms with Gasteiger partial charge < -0.3 is 5.32 Å². The van der Waals surface area contributed by atoms with Crippen LogP contribution in [-0.2, 0) is 6.54 Å². The summed E-state index contributed by atoms with van der Waals surface area (Å²) in [7, 11) is 0. The molecule has 1 N–H and O–H groups in total. The second kappa shape index (κ2) is 5.56. The first kappa shape index (κ1) is 12.5. The van der Waals surface area contributed by atoms with Crippen LogP contribution in [0.1, 0.15) is 32.3 Å². The molecule has 0 bridgehead atoms. The highest BCUT2D eigenvalue weighted by atomic mass is 79.9. The molecule has 0 aliphatic heterocycles. The third-order valence-electron chi connectivity index (χ3n) is 2.53. The highest BCUT2D eigenvalue weighted by Gasteiger charge is 2.19. The van der Waals surface area contributed by atoms with Crippen LogP contribution in [0.15, 0.2) is 27.6 Å². The van der Waals surface area contributed by atoms with Crippen molar-refractivity contribution in [2.45, 2.75) is 49.4 Å². The lowest BCUT2D eigenvalue weighted by atomic mass is 10.2. The molecule has 1 fully saturated rings. The summed E-state index contributed by atoms with van der Waals surface area (Å²) < 4.78 is 1.22. The molecule has 3 heteroatoms. The second-order valence-electron chi connectivity index (χ2n) is 4.59. The maximum atomic E-state index is 3.65. The Morgan fingerprint density at radius 2 is 2.19 bits per heavy atom. The van der Waals surface area contributed by atoms with Gasteiger partial charge in [-0.05, 0) is 46.5 Å². The van der Waals surface area contributed by atoms with Crippen molar-refractivity contribution in [1.29, 1.82) is 0 Å². The fraction of sp³-hybridized carbons (Fsp3) is 0.538. The monoisotopic (exact) mass is 299 g/mol. The van der Waals surface area contributed by atoms with Crippen LogP contribution in [0.2, 0.25) is 0 Å².